The van der Waals surface area contributed by atoms with Gasteiger partial charge in [0.2, 0.25) is 5.88 Å². The van der Waals surface area contributed by atoms with Crippen LogP contribution in [-0.2, 0) is 4.74 Å². The Hall–Kier alpha value is -1.68. The molecule has 0 aliphatic heterocycles. The minimum atomic E-state index is -0.414. The molecule has 4 heteroatoms. The van der Waals surface area contributed by atoms with Gasteiger partial charge in [0.05, 0.1) is 34.7 Å². The molecule has 4 nitrogen and oxygen atoms in total. The summed E-state index contributed by atoms with van der Waals surface area (Å²) in [5, 5.41) is 0. The van der Waals surface area contributed by atoms with Gasteiger partial charge in [-0.25, -0.2) is 9.97 Å². The van der Waals surface area contributed by atoms with E-state index in [2.05, 4.69) is 45.9 Å². The number of hydrogen-bond acceptors (Lipinski definition) is 4. The van der Waals surface area contributed by atoms with E-state index >= 15 is 0 Å². The first kappa shape index (κ1) is 18.7. The fourth-order valence-corrected chi connectivity index (χ4v) is 3.20. The standard InChI is InChI=1S/C20H30N2O2/c1-8-16(9-2)24-19-15(5)21-18(14(4)22-19)17-11-10-13(3)12-20(17,6)23-7/h10-12,16-17H,8-9H2,1-7H3. The zero-order valence-electron chi connectivity index (χ0n) is 16.0. The van der Waals surface area contributed by atoms with Crippen LogP contribution < -0.4 is 4.74 Å². The van der Waals surface area contributed by atoms with Gasteiger partial charge in [0, 0.05) is 7.11 Å². The lowest BCUT2D eigenvalue weighted by molar-refractivity contribution is 0.0334. The number of aromatic nitrogens is 2. The molecule has 0 fully saturated rings. The van der Waals surface area contributed by atoms with Crippen molar-refractivity contribution in [2.75, 3.05) is 7.11 Å². The van der Waals surface area contributed by atoms with Crippen LogP contribution in [0.25, 0.3) is 0 Å². The third-order valence-corrected chi connectivity index (χ3v) is 4.84. The summed E-state index contributed by atoms with van der Waals surface area (Å²) in [6.45, 7) is 12.4. The minimum Gasteiger partial charge on any atom is -0.473 e. The molecule has 0 spiro atoms. The van der Waals surface area contributed by atoms with Crippen molar-refractivity contribution in [3.63, 3.8) is 0 Å². The molecule has 2 unspecified atom stereocenters. The van der Waals surface area contributed by atoms with E-state index in [1.54, 1.807) is 7.11 Å². The molecule has 0 aromatic carbocycles. The molecule has 2 rings (SSSR count). The Bertz CT molecular complexity index is 647. The summed E-state index contributed by atoms with van der Waals surface area (Å²) in [5.41, 5.74) is 3.47. The number of allylic oxidation sites excluding steroid dienone is 2. The fraction of sp³-hybridized carbons (Fsp3) is 0.600. The molecule has 2 atom stereocenters. The molecular formula is C20H30N2O2. The van der Waals surface area contributed by atoms with Gasteiger partial charge < -0.3 is 9.47 Å². The molecule has 0 radical (unpaired) electrons. The van der Waals surface area contributed by atoms with Crippen LogP contribution in [0, 0.1) is 13.8 Å². The van der Waals surface area contributed by atoms with Gasteiger partial charge in [-0.1, -0.05) is 31.6 Å². The number of rotatable bonds is 6. The van der Waals surface area contributed by atoms with E-state index in [9.17, 15) is 0 Å². The van der Waals surface area contributed by atoms with Crippen LogP contribution in [0.4, 0.5) is 0 Å². The SMILES string of the molecule is CCC(CC)Oc1nc(C)c(C2C=CC(C)=CC2(C)OC)nc1C. The quantitative estimate of drug-likeness (QED) is 0.760. The Kier molecular flexibility index (Phi) is 5.81. The van der Waals surface area contributed by atoms with Crippen molar-refractivity contribution in [1.29, 1.82) is 0 Å². The molecule has 1 aromatic rings. The van der Waals surface area contributed by atoms with Crippen LogP contribution in [0.15, 0.2) is 23.8 Å². The second-order valence-electron chi connectivity index (χ2n) is 6.75. The van der Waals surface area contributed by atoms with Gasteiger partial charge in [-0.2, -0.15) is 0 Å². The van der Waals surface area contributed by atoms with Crippen LogP contribution in [0.1, 0.15) is 63.5 Å². The molecule has 1 aliphatic rings. The Morgan fingerprint density at radius 2 is 1.79 bits per heavy atom. The van der Waals surface area contributed by atoms with Crippen LogP contribution in [-0.4, -0.2) is 28.8 Å². The van der Waals surface area contributed by atoms with Crippen LogP contribution >= 0.6 is 0 Å². The number of nitrogens with zero attached hydrogens (tertiary/aromatic N) is 2. The van der Waals surface area contributed by atoms with E-state index in [1.165, 1.54) is 5.57 Å². The smallest absolute Gasteiger partial charge is 0.235 e. The summed E-state index contributed by atoms with van der Waals surface area (Å²) in [6.07, 6.45) is 8.56. The molecule has 0 bridgehead atoms. The number of aryl methyl sites for hydroxylation is 2. The molecule has 1 aromatic heterocycles. The van der Waals surface area contributed by atoms with Crippen molar-refractivity contribution in [3.8, 4) is 5.88 Å². The Morgan fingerprint density at radius 1 is 1.12 bits per heavy atom. The zero-order valence-corrected chi connectivity index (χ0v) is 16.0. The predicted octanol–water partition coefficient (Wildman–Crippen LogP) is 4.67. The first-order chi connectivity index (χ1) is 11.3. The van der Waals surface area contributed by atoms with Crippen molar-refractivity contribution in [3.05, 3.63) is 40.9 Å². The summed E-state index contributed by atoms with van der Waals surface area (Å²) < 4.78 is 11.8. The molecule has 0 saturated heterocycles. The highest BCUT2D eigenvalue weighted by Crippen LogP contribution is 2.38. The molecule has 1 heterocycles. The van der Waals surface area contributed by atoms with Crippen molar-refractivity contribution >= 4 is 0 Å². The summed E-state index contributed by atoms with van der Waals surface area (Å²) in [4.78, 5) is 9.55. The number of hydrogen-bond donors (Lipinski definition) is 0. The van der Waals surface area contributed by atoms with E-state index in [0.717, 1.165) is 29.9 Å². The largest absolute Gasteiger partial charge is 0.473 e. The monoisotopic (exact) mass is 330 g/mol. The van der Waals surface area contributed by atoms with E-state index in [4.69, 9.17) is 19.4 Å². The zero-order chi connectivity index (χ0) is 17.9. The normalized spacial score (nSPS) is 23.5. The minimum absolute atomic E-state index is 0.0413. The van der Waals surface area contributed by atoms with E-state index in [1.807, 2.05) is 13.8 Å². The average Bonchev–Trinajstić information content (AvgIpc) is 2.55. The summed E-state index contributed by atoms with van der Waals surface area (Å²) >= 11 is 0. The molecule has 132 valence electrons. The van der Waals surface area contributed by atoms with E-state index < -0.39 is 5.60 Å². The number of methoxy groups -OCH3 is 1. The average molecular weight is 330 g/mol. The van der Waals surface area contributed by atoms with Crippen molar-refractivity contribution in [1.82, 2.24) is 9.97 Å². The van der Waals surface area contributed by atoms with Crippen LogP contribution in [0.3, 0.4) is 0 Å². The lowest BCUT2D eigenvalue weighted by Gasteiger charge is -2.35. The molecular weight excluding hydrogens is 300 g/mol. The fourth-order valence-electron chi connectivity index (χ4n) is 3.20. The third kappa shape index (κ3) is 3.69. The Labute approximate surface area is 146 Å². The Balaban J connectivity index is 2.39. The lowest BCUT2D eigenvalue weighted by Crippen LogP contribution is -2.35. The highest BCUT2D eigenvalue weighted by Gasteiger charge is 2.36. The topological polar surface area (TPSA) is 44.2 Å². The van der Waals surface area contributed by atoms with E-state index in [-0.39, 0.29) is 12.0 Å². The molecule has 1 aliphatic carbocycles. The maximum atomic E-state index is 6.03. The molecule has 24 heavy (non-hydrogen) atoms. The second kappa shape index (κ2) is 7.47. The maximum Gasteiger partial charge on any atom is 0.235 e. The molecule has 0 N–H and O–H groups in total. The Morgan fingerprint density at radius 3 is 2.38 bits per heavy atom. The van der Waals surface area contributed by atoms with Crippen LogP contribution in [0.2, 0.25) is 0 Å². The first-order valence-corrected chi connectivity index (χ1v) is 8.79. The van der Waals surface area contributed by atoms with Gasteiger partial charge in [0.15, 0.2) is 0 Å². The summed E-state index contributed by atoms with van der Waals surface area (Å²) in [7, 11) is 1.75. The van der Waals surface area contributed by atoms with Gasteiger partial charge in [0.1, 0.15) is 0 Å². The van der Waals surface area contributed by atoms with E-state index in [0.29, 0.717) is 5.88 Å². The van der Waals surface area contributed by atoms with Gasteiger partial charge in [-0.05, 0) is 46.6 Å². The predicted molar refractivity (Wildman–Crippen MR) is 97.6 cm³/mol. The number of ether oxygens (including phenoxy) is 2. The highest BCUT2D eigenvalue weighted by atomic mass is 16.5. The van der Waals surface area contributed by atoms with Gasteiger partial charge in [0.25, 0.3) is 0 Å². The molecule has 0 saturated carbocycles. The van der Waals surface area contributed by atoms with Crippen molar-refractivity contribution < 1.29 is 9.47 Å². The van der Waals surface area contributed by atoms with Gasteiger partial charge in [-0.3, -0.25) is 0 Å². The lowest BCUT2D eigenvalue weighted by atomic mass is 9.80. The third-order valence-electron chi connectivity index (χ3n) is 4.84. The van der Waals surface area contributed by atoms with Crippen molar-refractivity contribution in [2.45, 2.75) is 72.0 Å². The van der Waals surface area contributed by atoms with Gasteiger partial charge >= 0.3 is 0 Å². The van der Waals surface area contributed by atoms with Crippen LogP contribution in [0.5, 0.6) is 5.88 Å². The highest BCUT2D eigenvalue weighted by molar-refractivity contribution is 5.38. The summed E-state index contributed by atoms with van der Waals surface area (Å²) in [5.74, 6) is 0.690. The maximum absolute atomic E-state index is 6.03. The molecule has 0 amide bonds. The first-order valence-electron chi connectivity index (χ1n) is 8.79. The van der Waals surface area contributed by atoms with Crippen molar-refractivity contribution in [2.24, 2.45) is 0 Å². The van der Waals surface area contributed by atoms with Gasteiger partial charge in [-0.15, -0.1) is 0 Å². The summed E-state index contributed by atoms with van der Waals surface area (Å²) in [6, 6.07) is 0. The second-order valence-corrected chi connectivity index (χ2v) is 6.75.